The zero-order valence-corrected chi connectivity index (χ0v) is 9.87. The highest BCUT2D eigenvalue weighted by molar-refractivity contribution is 4.71. The molecule has 0 amide bonds. The summed E-state index contributed by atoms with van der Waals surface area (Å²) in [5.74, 6) is 1.26. The maximum atomic E-state index is 9.79. The largest absolute Gasteiger partial charge is 0.392 e. The number of aliphatic hydroxyl groups excluding tert-OH is 1. The Bertz CT molecular complexity index is 158. The number of hydrogen-bond donors (Lipinski definition) is 1. The van der Waals surface area contributed by atoms with Gasteiger partial charge in [0, 0.05) is 6.54 Å². The van der Waals surface area contributed by atoms with Gasteiger partial charge in [0.1, 0.15) is 0 Å². The molecular weight excluding hydrogens is 174 g/mol. The molecule has 0 aliphatic carbocycles. The van der Waals surface area contributed by atoms with Crippen LogP contribution >= 0.6 is 0 Å². The molecule has 0 aromatic carbocycles. The molecular formula is C12H25NO. The smallest absolute Gasteiger partial charge is 0.0689 e. The molecule has 0 bridgehead atoms. The van der Waals surface area contributed by atoms with Crippen LogP contribution in [0, 0.1) is 11.8 Å². The molecule has 0 spiro atoms. The van der Waals surface area contributed by atoms with E-state index in [0.29, 0.717) is 5.92 Å². The van der Waals surface area contributed by atoms with Gasteiger partial charge in [-0.15, -0.1) is 0 Å². The lowest BCUT2D eigenvalue weighted by Gasteiger charge is -2.25. The minimum absolute atomic E-state index is 0.150. The van der Waals surface area contributed by atoms with E-state index in [2.05, 4.69) is 25.7 Å². The van der Waals surface area contributed by atoms with Gasteiger partial charge in [-0.25, -0.2) is 0 Å². The molecule has 84 valence electrons. The molecule has 2 nitrogen and oxygen atoms in total. The van der Waals surface area contributed by atoms with Crippen molar-refractivity contribution in [2.24, 2.45) is 11.8 Å². The van der Waals surface area contributed by atoms with E-state index in [4.69, 9.17) is 0 Å². The Balaban J connectivity index is 2.30. The summed E-state index contributed by atoms with van der Waals surface area (Å²) in [5.41, 5.74) is 0. The summed E-state index contributed by atoms with van der Waals surface area (Å²) in [5, 5.41) is 9.79. The number of nitrogens with zero attached hydrogens (tertiary/aromatic N) is 1. The van der Waals surface area contributed by atoms with Crippen molar-refractivity contribution >= 4 is 0 Å². The number of aliphatic hydroxyl groups is 1. The Morgan fingerprint density at radius 1 is 1.29 bits per heavy atom. The molecule has 0 aromatic rings. The monoisotopic (exact) mass is 199 g/mol. The van der Waals surface area contributed by atoms with Gasteiger partial charge in [0.05, 0.1) is 6.10 Å². The predicted molar refractivity (Wildman–Crippen MR) is 60.3 cm³/mol. The third-order valence-electron chi connectivity index (χ3n) is 3.32. The van der Waals surface area contributed by atoms with Crippen LogP contribution in [-0.2, 0) is 0 Å². The number of β-amino-alcohol motifs (C(OH)–C–C–N with tert-alkyl or cyclic N) is 1. The number of likely N-dealkylation sites (tertiary alicyclic amines) is 1. The molecule has 1 saturated heterocycles. The van der Waals surface area contributed by atoms with Crippen LogP contribution in [0.25, 0.3) is 0 Å². The van der Waals surface area contributed by atoms with E-state index in [9.17, 15) is 5.11 Å². The maximum Gasteiger partial charge on any atom is 0.0689 e. The van der Waals surface area contributed by atoms with Gasteiger partial charge in [-0.05, 0) is 44.2 Å². The first-order valence-corrected chi connectivity index (χ1v) is 6.00. The van der Waals surface area contributed by atoms with Crippen LogP contribution in [0.15, 0.2) is 0 Å². The lowest BCUT2D eigenvalue weighted by molar-refractivity contribution is 0.0773. The van der Waals surface area contributed by atoms with Crippen LogP contribution in [0.2, 0.25) is 0 Å². The molecule has 1 N–H and O–H groups in total. The average Bonchev–Trinajstić information content (AvgIpc) is 2.31. The van der Waals surface area contributed by atoms with Gasteiger partial charge >= 0.3 is 0 Å². The van der Waals surface area contributed by atoms with E-state index in [-0.39, 0.29) is 6.10 Å². The van der Waals surface area contributed by atoms with Crippen LogP contribution in [0.1, 0.15) is 40.0 Å². The lowest BCUT2D eigenvalue weighted by Crippen LogP contribution is -2.35. The van der Waals surface area contributed by atoms with Gasteiger partial charge < -0.3 is 10.0 Å². The maximum absolute atomic E-state index is 9.79. The van der Waals surface area contributed by atoms with Crippen LogP contribution in [-0.4, -0.2) is 35.7 Å². The average molecular weight is 199 g/mol. The fourth-order valence-corrected chi connectivity index (χ4v) is 1.98. The van der Waals surface area contributed by atoms with E-state index < -0.39 is 0 Å². The van der Waals surface area contributed by atoms with E-state index in [1.165, 1.54) is 32.4 Å². The fourth-order valence-electron chi connectivity index (χ4n) is 1.98. The Morgan fingerprint density at radius 2 is 2.00 bits per heavy atom. The molecule has 0 radical (unpaired) electrons. The summed E-state index contributed by atoms with van der Waals surface area (Å²) in [4.78, 5) is 2.42. The predicted octanol–water partition coefficient (Wildman–Crippen LogP) is 2.13. The molecule has 2 atom stereocenters. The van der Waals surface area contributed by atoms with Gasteiger partial charge in [0.25, 0.3) is 0 Å². The van der Waals surface area contributed by atoms with Crippen molar-refractivity contribution in [2.75, 3.05) is 19.6 Å². The Labute approximate surface area is 88.3 Å². The van der Waals surface area contributed by atoms with Crippen molar-refractivity contribution in [2.45, 2.75) is 46.1 Å². The van der Waals surface area contributed by atoms with Crippen molar-refractivity contribution in [3.05, 3.63) is 0 Å². The zero-order valence-electron chi connectivity index (χ0n) is 9.87. The fraction of sp³-hybridized carbons (Fsp3) is 1.00. The van der Waals surface area contributed by atoms with Gasteiger partial charge in [0.15, 0.2) is 0 Å². The lowest BCUT2D eigenvalue weighted by atomic mass is 10.0. The van der Waals surface area contributed by atoms with Gasteiger partial charge in [0.2, 0.25) is 0 Å². The molecule has 1 rings (SSSR count). The standard InChI is InChI=1S/C12H25NO/c1-10(2)12(14)9-13-7-4-5-11(3)6-8-13/h10-12,14H,4-9H2,1-3H3. The van der Waals surface area contributed by atoms with Crippen molar-refractivity contribution in [3.8, 4) is 0 Å². The normalized spacial score (nSPS) is 27.6. The van der Waals surface area contributed by atoms with Gasteiger partial charge in [-0.2, -0.15) is 0 Å². The third-order valence-corrected chi connectivity index (χ3v) is 3.32. The Kier molecular flexibility index (Phi) is 4.90. The summed E-state index contributed by atoms with van der Waals surface area (Å²) >= 11 is 0. The van der Waals surface area contributed by atoms with Crippen LogP contribution in [0.5, 0.6) is 0 Å². The van der Waals surface area contributed by atoms with Crippen molar-refractivity contribution in [1.29, 1.82) is 0 Å². The van der Waals surface area contributed by atoms with E-state index in [1.807, 2.05) is 0 Å². The SMILES string of the molecule is CC1CCCN(CC(O)C(C)C)CC1. The number of hydrogen-bond acceptors (Lipinski definition) is 2. The molecule has 0 aromatic heterocycles. The molecule has 1 fully saturated rings. The molecule has 1 heterocycles. The molecule has 2 heteroatoms. The minimum atomic E-state index is -0.150. The summed E-state index contributed by atoms with van der Waals surface area (Å²) in [6.45, 7) is 9.72. The highest BCUT2D eigenvalue weighted by Gasteiger charge is 2.17. The van der Waals surface area contributed by atoms with E-state index in [0.717, 1.165) is 12.5 Å². The molecule has 1 aliphatic heterocycles. The van der Waals surface area contributed by atoms with Gasteiger partial charge in [-0.3, -0.25) is 0 Å². The Hall–Kier alpha value is -0.0800. The van der Waals surface area contributed by atoms with E-state index in [1.54, 1.807) is 0 Å². The van der Waals surface area contributed by atoms with E-state index >= 15 is 0 Å². The first-order valence-electron chi connectivity index (χ1n) is 6.00. The molecule has 1 aliphatic rings. The quantitative estimate of drug-likeness (QED) is 0.752. The molecule has 14 heavy (non-hydrogen) atoms. The first kappa shape index (κ1) is 12.0. The van der Waals surface area contributed by atoms with Crippen LogP contribution in [0.3, 0.4) is 0 Å². The second-order valence-electron chi connectivity index (χ2n) is 5.15. The van der Waals surface area contributed by atoms with Crippen molar-refractivity contribution in [3.63, 3.8) is 0 Å². The summed E-state index contributed by atoms with van der Waals surface area (Å²) in [6, 6.07) is 0. The Morgan fingerprint density at radius 3 is 2.64 bits per heavy atom. The van der Waals surface area contributed by atoms with Gasteiger partial charge in [-0.1, -0.05) is 20.8 Å². The minimum Gasteiger partial charge on any atom is -0.392 e. The summed E-state index contributed by atoms with van der Waals surface area (Å²) in [6.07, 6.45) is 3.80. The van der Waals surface area contributed by atoms with Crippen molar-refractivity contribution in [1.82, 2.24) is 4.90 Å². The second kappa shape index (κ2) is 5.72. The topological polar surface area (TPSA) is 23.5 Å². The molecule has 0 saturated carbocycles. The third kappa shape index (κ3) is 3.97. The first-order chi connectivity index (χ1) is 6.59. The van der Waals surface area contributed by atoms with Crippen molar-refractivity contribution < 1.29 is 5.11 Å². The number of rotatable bonds is 3. The highest BCUT2D eigenvalue weighted by atomic mass is 16.3. The highest BCUT2D eigenvalue weighted by Crippen LogP contribution is 2.17. The van der Waals surface area contributed by atoms with Crippen LogP contribution in [0.4, 0.5) is 0 Å². The van der Waals surface area contributed by atoms with Crippen LogP contribution < -0.4 is 0 Å². The molecule has 2 unspecified atom stereocenters. The zero-order chi connectivity index (χ0) is 10.6. The summed E-state index contributed by atoms with van der Waals surface area (Å²) in [7, 11) is 0. The second-order valence-corrected chi connectivity index (χ2v) is 5.15. The summed E-state index contributed by atoms with van der Waals surface area (Å²) < 4.78 is 0.